The largest absolute Gasteiger partial charge is 0.379 e. The highest BCUT2D eigenvalue weighted by atomic mass is 127. The highest BCUT2D eigenvalue weighted by Gasteiger charge is 2.00. The van der Waals surface area contributed by atoms with Crippen LogP contribution in [0, 0.1) is 0 Å². The van der Waals surface area contributed by atoms with Gasteiger partial charge in [0.25, 0.3) is 0 Å². The van der Waals surface area contributed by atoms with Gasteiger partial charge in [0.15, 0.2) is 5.96 Å². The number of guanidine groups is 1. The summed E-state index contributed by atoms with van der Waals surface area (Å²) < 4.78 is 10.9. The molecule has 0 aliphatic heterocycles. The van der Waals surface area contributed by atoms with Crippen molar-refractivity contribution in [2.75, 3.05) is 33.4 Å². The Balaban J connectivity index is 0.00000625. The fraction of sp³-hybridized carbons (Fsp3) is 0.650. The number of nitrogens with zero attached hydrogens (tertiary/aromatic N) is 1. The van der Waals surface area contributed by atoms with E-state index in [1.165, 1.54) is 36.8 Å². The topological polar surface area (TPSA) is 54.9 Å². The molecule has 0 saturated heterocycles. The molecule has 1 aromatic rings. The number of nitrogens with one attached hydrogen (secondary N) is 2. The van der Waals surface area contributed by atoms with E-state index in [4.69, 9.17) is 9.47 Å². The Labute approximate surface area is 176 Å². The van der Waals surface area contributed by atoms with Gasteiger partial charge in [-0.3, -0.25) is 4.99 Å². The third kappa shape index (κ3) is 12.5. The summed E-state index contributed by atoms with van der Waals surface area (Å²) in [6, 6.07) is 8.44. The standard InChI is InChI=1S/C20H35N3O2.HI/c1-4-6-7-8-12-22-20(21-3)23-16-18-10-9-11-19(15-18)17-25-14-13-24-5-2;/h9-11,15H,4-8,12-14,16-17H2,1-3H3,(H2,21,22,23);1H. The maximum Gasteiger partial charge on any atom is 0.191 e. The van der Waals surface area contributed by atoms with E-state index in [9.17, 15) is 0 Å². The molecule has 0 amide bonds. The molecule has 0 aliphatic rings. The van der Waals surface area contributed by atoms with Gasteiger partial charge in [0.05, 0.1) is 19.8 Å². The first-order chi connectivity index (χ1) is 12.3. The van der Waals surface area contributed by atoms with Crippen LogP contribution < -0.4 is 10.6 Å². The van der Waals surface area contributed by atoms with Crippen molar-refractivity contribution in [2.24, 2.45) is 4.99 Å². The summed E-state index contributed by atoms with van der Waals surface area (Å²) in [5.74, 6) is 0.856. The van der Waals surface area contributed by atoms with Crippen LogP contribution >= 0.6 is 24.0 Å². The molecule has 2 N–H and O–H groups in total. The van der Waals surface area contributed by atoms with E-state index in [1.54, 1.807) is 0 Å². The van der Waals surface area contributed by atoms with Gasteiger partial charge in [-0.2, -0.15) is 0 Å². The van der Waals surface area contributed by atoms with E-state index in [0.29, 0.717) is 19.8 Å². The van der Waals surface area contributed by atoms with E-state index in [1.807, 2.05) is 14.0 Å². The first kappa shape index (κ1) is 25.1. The molecule has 5 nitrogen and oxygen atoms in total. The van der Waals surface area contributed by atoms with Gasteiger partial charge in [0, 0.05) is 26.7 Å². The zero-order valence-corrected chi connectivity index (χ0v) is 18.9. The summed E-state index contributed by atoms with van der Waals surface area (Å²) in [4.78, 5) is 4.28. The maximum atomic E-state index is 5.63. The second-order valence-corrected chi connectivity index (χ2v) is 5.98. The minimum atomic E-state index is 0. The molecular weight excluding hydrogens is 441 g/mol. The fourth-order valence-electron chi connectivity index (χ4n) is 2.45. The van der Waals surface area contributed by atoms with Gasteiger partial charge < -0.3 is 20.1 Å². The lowest BCUT2D eigenvalue weighted by Gasteiger charge is -2.12. The van der Waals surface area contributed by atoms with Crippen LogP contribution in [-0.2, 0) is 22.6 Å². The molecule has 6 heteroatoms. The van der Waals surface area contributed by atoms with Gasteiger partial charge in [-0.25, -0.2) is 0 Å². The molecule has 0 atom stereocenters. The second-order valence-electron chi connectivity index (χ2n) is 5.98. The Morgan fingerprint density at radius 3 is 2.50 bits per heavy atom. The monoisotopic (exact) mass is 477 g/mol. The third-order valence-electron chi connectivity index (χ3n) is 3.84. The molecule has 150 valence electrons. The molecule has 0 fully saturated rings. The second kappa shape index (κ2) is 17.5. The van der Waals surface area contributed by atoms with E-state index in [0.717, 1.165) is 25.7 Å². The maximum absolute atomic E-state index is 5.63. The molecule has 0 aromatic heterocycles. The van der Waals surface area contributed by atoms with Crippen molar-refractivity contribution in [1.29, 1.82) is 0 Å². The molecule has 1 rings (SSSR count). The van der Waals surface area contributed by atoms with E-state index < -0.39 is 0 Å². The lowest BCUT2D eigenvalue weighted by atomic mass is 10.1. The summed E-state index contributed by atoms with van der Waals surface area (Å²) >= 11 is 0. The number of halogens is 1. The van der Waals surface area contributed by atoms with E-state index >= 15 is 0 Å². The third-order valence-corrected chi connectivity index (χ3v) is 3.84. The molecule has 0 aliphatic carbocycles. The van der Waals surface area contributed by atoms with Gasteiger partial charge >= 0.3 is 0 Å². The average Bonchev–Trinajstić information content (AvgIpc) is 2.64. The van der Waals surface area contributed by atoms with E-state index in [-0.39, 0.29) is 24.0 Å². The molecule has 0 radical (unpaired) electrons. The van der Waals surface area contributed by atoms with Crippen molar-refractivity contribution in [3.05, 3.63) is 35.4 Å². The Morgan fingerprint density at radius 2 is 1.77 bits per heavy atom. The molecule has 1 aromatic carbocycles. The number of aliphatic imine (C=N–C) groups is 1. The normalized spacial score (nSPS) is 11.1. The summed E-state index contributed by atoms with van der Waals surface area (Å²) in [6.07, 6.45) is 5.01. The number of ether oxygens (including phenoxy) is 2. The molecule has 0 unspecified atom stereocenters. The van der Waals surface area contributed by atoms with Crippen molar-refractivity contribution in [3.63, 3.8) is 0 Å². The van der Waals surface area contributed by atoms with Crippen LogP contribution in [0.15, 0.2) is 29.3 Å². The Hall–Kier alpha value is -0.860. The van der Waals surface area contributed by atoms with Gasteiger partial charge in [0.1, 0.15) is 0 Å². The summed E-state index contributed by atoms with van der Waals surface area (Å²) in [5, 5.41) is 6.73. The van der Waals surface area contributed by atoms with Crippen LogP contribution in [0.4, 0.5) is 0 Å². The number of hydrogen-bond donors (Lipinski definition) is 2. The van der Waals surface area contributed by atoms with Crippen LogP contribution in [0.25, 0.3) is 0 Å². The van der Waals surface area contributed by atoms with Crippen LogP contribution in [0.2, 0.25) is 0 Å². The summed E-state index contributed by atoms with van der Waals surface area (Å²) in [7, 11) is 1.81. The first-order valence-electron chi connectivity index (χ1n) is 9.48. The van der Waals surface area contributed by atoms with Gasteiger partial charge in [-0.15, -0.1) is 24.0 Å². The SMILES string of the molecule is CCCCCCNC(=NC)NCc1cccc(COCCOCC)c1.I. The number of rotatable bonds is 13. The first-order valence-corrected chi connectivity index (χ1v) is 9.48. The number of hydrogen-bond acceptors (Lipinski definition) is 3. The summed E-state index contributed by atoms with van der Waals surface area (Å²) in [6.45, 7) is 8.57. The zero-order chi connectivity index (χ0) is 18.2. The van der Waals surface area contributed by atoms with Gasteiger partial charge in [-0.05, 0) is 24.5 Å². The van der Waals surface area contributed by atoms with Crippen LogP contribution in [0.1, 0.15) is 50.7 Å². The Kier molecular flexibility index (Phi) is 17.0. The predicted molar refractivity (Wildman–Crippen MR) is 120 cm³/mol. The molecule has 0 saturated carbocycles. The Morgan fingerprint density at radius 1 is 1.00 bits per heavy atom. The average molecular weight is 477 g/mol. The lowest BCUT2D eigenvalue weighted by molar-refractivity contribution is 0.0453. The molecule has 26 heavy (non-hydrogen) atoms. The number of benzene rings is 1. The van der Waals surface area contributed by atoms with Crippen LogP contribution in [0.3, 0.4) is 0 Å². The predicted octanol–water partition coefficient (Wildman–Crippen LogP) is 4.10. The van der Waals surface area contributed by atoms with Gasteiger partial charge in [-0.1, -0.05) is 50.5 Å². The smallest absolute Gasteiger partial charge is 0.191 e. The van der Waals surface area contributed by atoms with Crippen LogP contribution in [-0.4, -0.2) is 39.4 Å². The highest BCUT2D eigenvalue weighted by molar-refractivity contribution is 14.0. The quantitative estimate of drug-likeness (QED) is 0.194. The minimum Gasteiger partial charge on any atom is -0.379 e. The lowest BCUT2D eigenvalue weighted by Crippen LogP contribution is -2.37. The fourth-order valence-corrected chi connectivity index (χ4v) is 2.45. The molecule has 0 spiro atoms. The van der Waals surface area contributed by atoms with Crippen LogP contribution in [0.5, 0.6) is 0 Å². The molecular formula is C20H36IN3O2. The van der Waals surface area contributed by atoms with Crippen molar-refractivity contribution in [3.8, 4) is 0 Å². The van der Waals surface area contributed by atoms with Crippen molar-refractivity contribution >= 4 is 29.9 Å². The van der Waals surface area contributed by atoms with Gasteiger partial charge in [0.2, 0.25) is 0 Å². The molecule has 0 heterocycles. The molecule has 0 bridgehead atoms. The van der Waals surface area contributed by atoms with Crippen molar-refractivity contribution in [1.82, 2.24) is 10.6 Å². The highest BCUT2D eigenvalue weighted by Crippen LogP contribution is 2.06. The zero-order valence-electron chi connectivity index (χ0n) is 16.6. The summed E-state index contributed by atoms with van der Waals surface area (Å²) in [5.41, 5.74) is 2.40. The Bertz CT molecular complexity index is 484. The number of unbranched alkanes of at least 4 members (excludes halogenated alkanes) is 3. The van der Waals surface area contributed by atoms with E-state index in [2.05, 4.69) is 46.8 Å². The van der Waals surface area contributed by atoms with Crippen molar-refractivity contribution < 1.29 is 9.47 Å². The minimum absolute atomic E-state index is 0. The van der Waals surface area contributed by atoms with Crippen molar-refractivity contribution in [2.45, 2.75) is 52.7 Å².